The van der Waals surface area contributed by atoms with E-state index in [1.54, 1.807) is 31.4 Å². The molecule has 0 aromatic heterocycles. The number of nitrogens with one attached hydrogen (secondary N) is 1. The highest BCUT2D eigenvalue weighted by molar-refractivity contribution is 6.12. The summed E-state index contributed by atoms with van der Waals surface area (Å²) < 4.78 is 10.7. The summed E-state index contributed by atoms with van der Waals surface area (Å²) >= 11 is 0. The van der Waals surface area contributed by atoms with Gasteiger partial charge in [0, 0.05) is 25.3 Å². The summed E-state index contributed by atoms with van der Waals surface area (Å²) in [7, 11) is 1.57. The van der Waals surface area contributed by atoms with Gasteiger partial charge in [-0.25, -0.2) is 4.79 Å². The summed E-state index contributed by atoms with van der Waals surface area (Å²) in [6.45, 7) is 3.03. The fraction of sp³-hybridized carbons (Fsp3) is 0.364. The number of benzene rings is 2. The molecule has 30 heavy (non-hydrogen) atoms. The summed E-state index contributed by atoms with van der Waals surface area (Å²) in [5.41, 5.74) is 1.65. The van der Waals surface area contributed by atoms with Crippen LogP contribution in [0.1, 0.15) is 5.56 Å². The predicted octanol–water partition coefficient (Wildman–Crippen LogP) is 1.80. The smallest absolute Gasteiger partial charge is 0.331 e. The summed E-state index contributed by atoms with van der Waals surface area (Å²) in [6, 6.07) is 14.2. The molecule has 160 valence electrons. The van der Waals surface area contributed by atoms with Crippen LogP contribution in [0.5, 0.6) is 11.5 Å². The molecular formula is C22H27N3O5. The summed E-state index contributed by atoms with van der Waals surface area (Å²) in [4.78, 5) is 27.5. The Hall–Kier alpha value is -3.10. The molecular weight excluding hydrogens is 386 g/mol. The van der Waals surface area contributed by atoms with E-state index in [-0.39, 0.29) is 31.6 Å². The number of nitrogens with zero attached hydrogens (tertiary/aromatic N) is 2. The number of para-hydroxylation sites is 1. The minimum atomic E-state index is -0.703. The predicted molar refractivity (Wildman–Crippen MR) is 113 cm³/mol. The van der Waals surface area contributed by atoms with E-state index in [2.05, 4.69) is 5.32 Å². The largest absolute Gasteiger partial charge is 0.497 e. The number of carbonyl (C=O) groups is 2. The Kier molecular flexibility index (Phi) is 7.26. The molecule has 1 aliphatic heterocycles. The van der Waals surface area contributed by atoms with E-state index in [1.807, 2.05) is 31.2 Å². The number of aliphatic hydroxyl groups excluding tert-OH is 1. The molecule has 8 heteroatoms. The van der Waals surface area contributed by atoms with Crippen molar-refractivity contribution in [1.82, 2.24) is 10.2 Å². The summed E-state index contributed by atoms with van der Waals surface area (Å²) in [6.07, 6.45) is -0.703. The van der Waals surface area contributed by atoms with Gasteiger partial charge in [0.05, 0.1) is 7.11 Å². The first-order valence-electron chi connectivity index (χ1n) is 9.82. The van der Waals surface area contributed by atoms with E-state index >= 15 is 0 Å². The third kappa shape index (κ3) is 5.28. The number of anilines is 1. The molecule has 0 spiro atoms. The monoisotopic (exact) mass is 413 g/mol. The second-order valence-electron chi connectivity index (χ2n) is 7.05. The first kappa shape index (κ1) is 21.6. The molecule has 2 N–H and O–H groups in total. The molecule has 1 atom stereocenters. The van der Waals surface area contributed by atoms with Crippen molar-refractivity contribution in [2.24, 2.45) is 0 Å². The fourth-order valence-corrected chi connectivity index (χ4v) is 3.15. The zero-order valence-corrected chi connectivity index (χ0v) is 17.2. The third-order valence-corrected chi connectivity index (χ3v) is 4.86. The molecule has 1 unspecified atom stereocenters. The topological polar surface area (TPSA) is 91.3 Å². The first-order valence-corrected chi connectivity index (χ1v) is 9.82. The van der Waals surface area contributed by atoms with Crippen LogP contribution in [0.4, 0.5) is 10.5 Å². The molecule has 0 saturated carbocycles. The zero-order chi connectivity index (χ0) is 21.5. The van der Waals surface area contributed by atoms with Gasteiger partial charge in [-0.2, -0.15) is 0 Å². The van der Waals surface area contributed by atoms with Gasteiger partial charge in [0.25, 0.3) is 5.91 Å². The van der Waals surface area contributed by atoms with Gasteiger partial charge in [-0.15, -0.1) is 0 Å². The number of imide groups is 1. The lowest BCUT2D eigenvalue weighted by molar-refractivity contribution is -0.124. The van der Waals surface area contributed by atoms with E-state index in [4.69, 9.17) is 9.47 Å². The van der Waals surface area contributed by atoms with Gasteiger partial charge in [-0.05, 0) is 42.8 Å². The van der Waals surface area contributed by atoms with Gasteiger partial charge in [0.15, 0.2) is 0 Å². The lowest BCUT2D eigenvalue weighted by Gasteiger charge is -2.18. The van der Waals surface area contributed by atoms with E-state index < -0.39 is 6.10 Å². The van der Waals surface area contributed by atoms with Crippen LogP contribution in [-0.2, 0) is 4.79 Å². The van der Waals surface area contributed by atoms with Gasteiger partial charge < -0.3 is 19.9 Å². The SMILES string of the molecule is COc1ccc(N2CC(=O)N(CCNCC(O)COc3ccccc3C)C2=O)cc1. The lowest BCUT2D eigenvalue weighted by Crippen LogP contribution is -2.40. The highest BCUT2D eigenvalue weighted by Crippen LogP contribution is 2.23. The number of urea groups is 1. The molecule has 0 bridgehead atoms. The Morgan fingerprint density at radius 2 is 1.87 bits per heavy atom. The fourth-order valence-electron chi connectivity index (χ4n) is 3.15. The van der Waals surface area contributed by atoms with Crippen molar-refractivity contribution < 1.29 is 24.2 Å². The van der Waals surface area contributed by atoms with Crippen molar-refractivity contribution in [2.75, 3.05) is 44.8 Å². The van der Waals surface area contributed by atoms with Crippen LogP contribution in [0.3, 0.4) is 0 Å². The van der Waals surface area contributed by atoms with Crippen molar-refractivity contribution in [3.63, 3.8) is 0 Å². The number of ether oxygens (including phenoxy) is 2. The normalized spacial score (nSPS) is 14.9. The standard InChI is InChI=1S/C22H27N3O5/c1-16-5-3-4-6-20(16)30-15-18(26)13-23-11-12-24-21(27)14-25(22(24)28)17-7-9-19(29-2)10-8-17/h3-10,18,23,26H,11-15H2,1-2H3. The number of aliphatic hydroxyl groups is 1. The number of aryl methyl sites for hydroxylation is 1. The molecule has 1 aliphatic rings. The van der Waals surface area contributed by atoms with Crippen molar-refractivity contribution >= 4 is 17.6 Å². The zero-order valence-electron chi connectivity index (χ0n) is 17.2. The number of hydrogen-bond acceptors (Lipinski definition) is 6. The van der Waals surface area contributed by atoms with Crippen molar-refractivity contribution in [3.8, 4) is 11.5 Å². The Morgan fingerprint density at radius 1 is 1.13 bits per heavy atom. The average molecular weight is 413 g/mol. The molecule has 3 amide bonds. The van der Waals surface area contributed by atoms with E-state index in [9.17, 15) is 14.7 Å². The molecule has 0 radical (unpaired) electrons. The van der Waals surface area contributed by atoms with Crippen LogP contribution in [0.15, 0.2) is 48.5 Å². The Labute approximate surface area is 176 Å². The highest BCUT2D eigenvalue weighted by atomic mass is 16.5. The van der Waals surface area contributed by atoms with E-state index in [0.29, 0.717) is 24.5 Å². The number of carbonyl (C=O) groups excluding carboxylic acids is 2. The van der Waals surface area contributed by atoms with Crippen molar-refractivity contribution in [1.29, 1.82) is 0 Å². The number of methoxy groups -OCH3 is 1. The van der Waals surface area contributed by atoms with Gasteiger partial charge >= 0.3 is 6.03 Å². The summed E-state index contributed by atoms with van der Waals surface area (Å²) in [5, 5.41) is 13.1. The second-order valence-corrected chi connectivity index (χ2v) is 7.05. The molecule has 1 fully saturated rings. The molecule has 1 saturated heterocycles. The number of rotatable bonds is 10. The third-order valence-electron chi connectivity index (χ3n) is 4.86. The quantitative estimate of drug-likeness (QED) is 0.456. The number of amides is 3. The van der Waals surface area contributed by atoms with Crippen molar-refractivity contribution in [3.05, 3.63) is 54.1 Å². The van der Waals surface area contributed by atoms with Crippen LogP contribution in [0.25, 0.3) is 0 Å². The minimum Gasteiger partial charge on any atom is -0.497 e. The van der Waals surface area contributed by atoms with Crippen molar-refractivity contribution in [2.45, 2.75) is 13.0 Å². The molecule has 1 heterocycles. The molecule has 2 aromatic rings. The van der Waals surface area contributed by atoms with Gasteiger partial charge in [-0.3, -0.25) is 14.6 Å². The molecule has 3 rings (SSSR count). The average Bonchev–Trinajstić information content (AvgIpc) is 3.04. The maximum absolute atomic E-state index is 12.6. The lowest BCUT2D eigenvalue weighted by atomic mass is 10.2. The Balaban J connectivity index is 1.41. The maximum atomic E-state index is 12.6. The Bertz CT molecular complexity index is 871. The molecule has 2 aromatic carbocycles. The highest BCUT2D eigenvalue weighted by Gasteiger charge is 2.36. The van der Waals surface area contributed by atoms with E-state index in [0.717, 1.165) is 11.3 Å². The maximum Gasteiger partial charge on any atom is 0.331 e. The first-order chi connectivity index (χ1) is 14.5. The second kappa shape index (κ2) is 10.1. The van der Waals surface area contributed by atoms with Crippen LogP contribution >= 0.6 is 0 Å². The Morgan fingerprint density at radius 3 is 2.57 bits per heavy atom. The van der Waals surface area contributed by atoms with E-state index in [1.165, 1.54) is 9.80 Å². The summed E-state index contributed by atoms with van der Waals surface area (Å²) in [5.74, 6) is 1.17. The van der Waals surface area contributed by atoms with Crippen LogP contribution < -0.4 is 19.7 Å². The van der Waals surface area contributed by atoms with Gasteiger partial charge in [0.1, 0.15) is 30.8 Å². The van der Waals surface area contributed by atoms with Crippen LogP contribution in [0.2, 0.25) is 0 Å². The van der Waals surface area contributed by atoms with Crippen LogP contribution in [0, 0.1) is 6.92 Å². The van der Waals surface area contributed by atoms with Gasteiger partial charge in [-0.1, -0.05) is 18.2 Å². The molecule has 8 nitrogen and oxygen atoms in total. The van der Waals surface area contributed by atoms with Gasteiger partial charge in [0.2, 0.25) is 0 Å². The number of hydrogen-bond donors (Lipinski definition) is 2. The molecule has 0 aliphatic carbocycles. The minimum absolute atomic E-state index is 0.0120. The van der Waals surface area contributed by atoms with Crippen LogP contribution in [-0.4, -0.2) is 67.9 Å².